The second-order valence-electron chi connectivity index (χ2n) is 7.10. The van der Waals surface area contributed by atoms with Gasteiger partial charge >= 0.3 is 0 Å². The number of hydrogen-bond donors (Lipinski definition) is 0. The minimum absolute atomic E-state index is 0.0758. The first-order valence-electron chi connectivity index (χ1n) is 9.26. The van der Waals surface area contributed by atoms with E-state index in [1.54, 1.807) is 13.4 Å². The van der Waals surface area contributed by atoms with Gasteiger partial charge < -0.3 is 14.1 Å². The van der Waals surface area contributed by atoms with Crippen LogP contribution in [0.2, 0.25) is 0 Å². The van der Waals surface area contributed by atoms with E-state index < -0.39 is 0 Å². The molecule has 3 unspecified atom stereocenters. The summed E-state index contributed by atoms with van der Waals surface area (Å²) in [7, 11) is 1.69. The lowest BCUT2D eigenvalue weighted by Gasteiger charge is -2.29. The van der Waals surface area contributed by atoms with Crippen LogP contribution in [0.15, 0.2) is 47.1 Å². The van der Waals surface area contributed by atoms with E-state index in [-0.39, 0.29) is 23.8 Å². The molecule has 4 heteroatoms. The first kappa shape index (κ1) is 16.2. The Balaban J connectivity index is 1.53. The van der Waals surface area contributed by atoms with Gasteiger partial charge in [0.25, 0.3) is 0 Å². The van der Waals surface area contributed by atoms with E-state index in [1.165, 1.54) is 6.42 Å². The molecule has 1 amide bonds. The topological polar surface area (TPSA) is 42.7 Å². The molecule has 4 rings (SSSR count). The molecule has 1 aliphatic carbocycles. The van der Waals surface area contributed by atoms with Gasteiger partial charge in [-0.15, -0.1) is 0 Å². The third-order valence-electron chi connectivity index (χ3n) is 5.55. The van der Waals surface area contributed by atoms with Gasteiger partial charge in [-0.25, -0.2) is 0 Å². The van der Waals surface area contributed by atoms with Gasteiger partial charge in [-0.1, -0.05) is 31.0 Å². The summed E-state index contributed by atoms with van der Waals surface area (Å²) in [6, 6.07) is 12.1. The zero-order chi connectivity index (χ0) is 17.2. The van der Waals surface area contributed by atoms with Crippen LogP contribution in [0.1, 0.15) is 55.4 Å². The molecule has 132 valence electrons. The Morgan fingerprint density at radius 2 is 2.04 bits per heavy atom. The number of rotatable bonds is 4. The van der Waals surface area contributed by atoms with Gasteiger partial charge in [-0.3, -0.25) is 4.79 Å². The molecule has 1 saturated carbocycles. The molecular formula is C21H25NO3. The second kappa shape index (κ2) is 6.95. The van der Waals surface area contributed by atoms with Crippen LogP contribution in [0.4, 0.5) is 0 Å². The van der Waals surface area contributed by atoms with Crippen molar-refractivity contribution in [2.24, 2.45) is 5.92 Å². The summed E-state index contributed by atoms with van der Waals surface area (Å²) in [5, 5.41) is 0. The molecule has 0 radical (unpaired) electrons. The fourth-order valence-corrected chi connectivity index (χ4v) is 4.15. The Bertz CT molecular complexity index is 725. The van der Waals surface area contributed by atoms with Crippen molar-refractivity contribution in [2.75, 3.05) is 13.7 Å². The number of likely N-dealkylation sites (tertiary alicyclic amines) is 1. The van der Waals surface area contributed by atoms with Gasteiger partial charge in [0.05, 0.1) is 19.4 Å². The fraction of sp³-hybridized carbons (Fsp3) is 0.476. The standard InChI is InChI=1S/C21H25NO3/c1-24-19-10-5-4-8-15(19)16-14-17(16)21(23)22-12-6-2-3-9-18(22)20-11-7-13-25-20/h4-5,7-8,10-11,13,16-18H,2-3,6,9,12,14H2,1H3. The Morgan fingerprint density at radius 1 is 1.16 bits per heavy atom. The summed E-state index contributed by atoms with van der Waals surface area (Å²) in [6.07, 6.45) is 7.02. The lowest BCUT2D eigenvalue weighted by Crippen LogP contribution is -2.36. The van der Waals surface area contributed by atoms with E-state index in [2.05, 4.69) is 11.0 Å². The lowest BCUT2D eigenvalue weighted by molar-refractivity contribution is -0.135. The summed E-state index contributed by atoms with van der Waals surface area (Å²) in [5.41, 5.74) is 1.16. The Hall–Kier alpha value is -2.23. The van der Waals surface area contributed by atoms with Crippen LogP contribution in [0.25, 0.3) is 0 Å². The Kier molecular flexibility index (Phi) is 4.51. The predicted molar refractivity (Wildman–Crippen MR) is 95.5 cm³/mol. The number of carbonyl (C=O) groups excluding carboxylic acids is 1. The number of para-hydroxylation sites is 1. The van der Waals surface area contributed by atoms with Crippen LogP contribution < -0.4 is 4.74 Å². The minimum atomic E-state index is 0.0758. The van der Waals surface area contributed by atoms with Crippen LogP contribution in [-0.4, -0.2) is 24.5 Å². The maximum absolute atomic E-state index is 13.2. The van der Waals surface area contributed by atoms with E-state index >= 15 is 0 Å². The first-order chi connectivity index (χ1) is 12.3. The highest BCUT2D eigenvalue weighted by Crippen LogP contribution is 2.52. The zero-order valence-corrected chi connectivity index (χ0v) is 14.7. The van der Waals surface area contributed by atoms with Crippen LogP contribution in [0.3, 0.4) is 0 Å². The van der Waals surface area contributed by atoms with Crippen molar-refractivity contribution in [1.29, 1.82) is 0 Å². The van der Waals surface area contributed by atoms with Gasteiger partial charge in [-0.2, -0.15) is 0 Å². The largest absolute Gasteiger partial charge is 0.496 e. The van der Waals surface area contributed by atoms with Gasteiger partial charge in [-0.05, 0) is 48.9 Å². The van der Waals surface area contributed by atoms with Gasteiger partial charge in [0.15, 0.2) is 0 Å². The predicted octanol–water partition coefficient (Wildman–Crippen LogP) is 4.54. The quantitative estimate of drug-likeness (QED) is 0.821. The number of benzene rings is 1. The Labute approximate surface area is 148 Å². The molecule has 0 spiro atoms. The number of ether oxygens (including phenoxy) is 1. The molecule has 2 aromatic rings. The number of carbonyl (C=O) groups is 1. The average Bonchev–Trinajstić information content (AvgIpc) is 3.34. The van der Waals surface area contributed by atoms with E-state index in [0.717, 1.165) is 49.3 Å². The smallest absolute Gasteiger partial charge is 0.226 e. The summed E-state index contributed by atoms with van der Waals surface area (Å²) in [5.74, 6) is 2.45. The summed E-state index contributed by atoms with van der Waals surface area (Å²) in [6.45, 7) is 0.833. The maximum atomic E-state index is 13.2. The van der Waals surface area contributed by atoms with Gasteiger partial charge in [0, 0.05) is 12.5 Å². The molecular weight excluding hydrogens is 314 g/mol. The molecule has 2 heterocycles. The highest BCUT2D eigenvalue weighted by atomic mass is 16.5. The summed E-state index contributed by atoms with van der Waals surface area (Å²) in [4.78, 5) is 15.3. The number of methoxy groups -OCH3 is 1. The van der Waals surface area contributed by atoms with Gasteiger partial charge in [0.2, 0.25) is 5.91 Å². The van der Waals surface area contributed by atoms with E-state index in [9.17, 15) is 4.79 Å². The monoisotopic (exact) mass is 339 g/mol. The number of nitrogens with zero attached hydrogens (tertiary/aromatic N) is 1. The van der Waals surface area contributed by atoms with Crippen LogP contribution >= 0.6 is 0 Å². The van der Waals surface area contributed by atoms with E-state index in [4.69, 9.17) is 9.15 Å². The molecule has 3 atom stereocenters. The van der Waals surface area contributed by atoms with Crippen LogP contribution in [0.5, 0.6) is 5.75 Å². The molecule has 4 nitrogen and oxygen atoms in total. The van der Waals surface area contributed by atoms with E-state index in [0.29, 0.717) is 0 Å². The number of hydrogen-bond acceptors (Lipinski definition) is 3. The van der Waals surface area contributed by atoms with Crippen molar-refractivity contribution in [2.45, 2.75) is 44.1 Å². The van der Waals surface area contributed by atoms with Crippen molar-refractivity contribution < 1.29 is 13.9 Å². The lowest BCUT2D eigenvalue weighted by atomic mass is 10.1. The molecule has 2 aliphatic rings. The third-order valence-corrected chi connectivity index (χ3v) is 5.55. The second-order valence-corrected chi connectivity index (χ2v) is 7.10. The van der Waals surface area contributed by atoms with Crippen molar-refractivity contribution in [3.05, 3.63) is 54.0 Å². The molecule has 0 bridgehead atoms. The Morgan fingerprint density at radius 3 is 2.84 bits per heavy atom. The van der Waals surface area contributed by atoms with Crippen molar-refractivity contribution in [1.82, 2.24) is 4.90 Å². The van der Waals surface area contributed by atoms with Gasteiger partial charge in [0.1, 0.15) is 11.5 Å². The molecule has 1 aromatic carbocycles. The zero-order valence-electron chi connectivity index (χ0n) is 14.7. The molecule has 1 saturated heterocycles. The molecule has 25 heavy (non-hydrogen) atoms. The summed E-state index contributed by atoms with van der Waals surface area (Å²) >= 11 is 0. The normalized spacial score (nSPS) is 26.1. The first-order valence-corrected chi connectivity index (χ1v) is 9.26. The number of furan rings is 1. The molecule has 0 N–H and O–H groups in total. The number of amides is 1. The third kappa shape index (κ3) is 3.17. The maximum Gasteiger partial charge on any atom is 0.226 e. The highest BCUT2D eigenvalue weighted by molar-refractivity contribution is 5.83. The average molecular weight is 339 g/mol. The minimum Gasteiger partial charge on any atom is -0.496 e. The summed E-state index contributed by atoms with van der Waals surface area (Å²) < 4.78 is 11.1. The van der Waals surface area contributed by atoms with Crippen LogP contribution in [-0.2, 0) is 4.79 Å². The fourth-order valence-electron chi connectivity index (χ4n) is 4.15. The highest BCUT2D eigenvalue weighted by Gasteiger charge is 2.48. The van der Waals surface area contributed by atoms with Crippen molar-refractivity contribution in [3.8, 4) is 5.75 Å². The molecule has 1 aliphatic heterocycles. The molecule has 1 aromatic heterocycles. The molecule has 2 fully saturated rings. The van der Waals surface area contributed by atoms with Crippen LogP contribution in [0, 0.1) is 5.92 Å². The van der Waals surface area contributed by atoms with Crippen molar-refractivity contribution in [3.63, 3.8) is 0 Å². The van der Waals surface area contributed by atoms with E-state index in [1.807, 2.05) is 30.3 Å². The van der Waals surface area contributed by atoms with Crippen molar-refractivity contribution >= 4 is 5.91 Å². The SMILES string of the molecule is COc1ccccc1C1CC1C(=O)N1CCCCCC1c1ccco1.